The second-order valence-corrected chi connectivity index (χ2v) is 4.42. The van der Waals surface area contributed by atoms with Gasteiger partial charge in [0.15, 0.2) is 5.75 Å². The number of hydrogen-bond donors (Lipinski definition) is 1. The molecule has 5 nitrogen and oxygen atoms in total. The highest BCUT2D eigenvalue weighted by Gasteiger charge is 2.13. The van der Waals surface area contributed by atoms with Gasteiger partial charge < -0.3 is 9.84 Å². The largest absolute Gasteiger partial charge is 0.478 e. The Bertz CT molecular complexity index is 595. The van der Waals surface area contributed by atoms with Gasteiger partial charge >= 0.3 is 5.97 Å². The van der Waals surface area contributed by atoms with Crippen molar-refractivity contribution in [2.24, 2.45) is 0 Å². The number of aromatic nitrogens is 2. The molecule has 0 atom stereocenters. The molecule has 2 rings (SSSR count). The average molecular weight is 281 g/mol. The number of carboxylic acids is 1. The van der Waals surface area contributed by atoms with Crippen molar-refractivity contribution in [3.63, 3.8) is 0 Å². The van der Waals surface area contributed by atoms with Crippen molar-refractivity contribution in [3.05, 3.63) is 41.2 Å². The highest BCUT2D eigenvalue weighted by molar-refractivity contribution is 6.30. The van der Waals surface area contributed by atoms with Crippen LogP contribution >= 0.6 is 11.6 Å². The number of rotatable bonds is 5. The minimum atomic E-state index is -1.06. The molecule has 0 unspecified atom stereocenters. The molecule has 1 aromatic heterocycles. The molecule has 1 N–H and O–H groups in total. The predicted octanol–water partition coefficient (Wildman–Crippen LogP) is 3.44. The zero-order chi connectivity index (χ0) is 13.8. The summed E-state index contributed by atoms with van der Waals surface area (Å²) >= 11 is 5.85. The Morgan fingerprint density at radius 3 is 3.00 bits per heavy atom. The van der Waals surface area contributed by atoms with Crippen molar-refractivity contribution in [1.82, 2.24) is 9.78 Å². The van der Waals surface area contributed by atoms with E-state index in [0.717, 1.165) is 13.0 Å². The smallest absolute Gasteiger partial charge is 0.339 e. The summed E-state index contributed by atoms with van der Waals surface area (Å²) in [6.07, 6.45) is 4.22. The van der Waals surface area contributed by atoms with Crippen LogP contribution in [-0.4, -0.2) is 20.9 Å². The van der Waals surface area contributed by atoms with Crippen LogP contribution in [0.15, 0.2) is 30.6 Å². The second kappa shape index (κ2) is 5.75. The Balaban J connectivity index is 2.26. The molecule has 0 spiro atoms. The normalized spacial score (nSPS) is 10.4. The molecule has 0 aliphatic carbocycles. The quantitative estimate of drug-likeness (QED) is 0.911. The maximum Gasteiger partial charge on any atom is 0.339 e. The Morgan fingerprint density at radius 1 is 1.53 bits per heavy atom. The maximum atomic E-state index is 11.1. The number of aromatic carboxylic acids is 1. The number of halogens is 1. The summed E-state index contributed by atoms with van der Waals surface area (Å²) in [4.78, 5) is 11.1. The Kier molecular flexibility index (Phi) is 4.06. The van der Waals surface area contributed by atoms with E-state index in [2.05, 4.69) is 5.10 Å². The first-order chi connectivity index (χ1) is 9.10. The van der Waals surface area contributed by atoms with Gasteiger partial charge in [-0.1, -0.05) is 18.5 Å². The topological polar surface area (TPSA) is 64.3 Å². The summed E-state index contributed by atoms with van der Waals surface area (Å²) in [5.41, 5.74) is 0.0626. The number of carbonyl (C=O) groups is 1. The van der Waals surface area contributed by atoms with Crippen LogP contribution in [0.5, 0.6) is 11.5 Å². The fraction of sp³-hybridized carbons (Fsp3) is 0.231. The zero-order valence-corrected chi connectivity index (χ0v) is 11.1. The molecule has 100 valence electrons. The lowest BCUT2D eigenvalue weighted by atomic mass is 10.2. The van der Waals surface area contributed by atoms with Crippen molar-refractivity contribution < 1.29 is 14.6 Å². The molecular formula is C13H13ClN2O3. The van der Waals surface area contributed by atoms with E-state index in [4.69, 9.17) is 21.4 Å². The molecule has 0 fully saturated rings. The van der Waals surface area contributed by atoms with Crippen LogP contribution in [-0.2, 0) is 6.54 Å². The molecule has 19 heavy (non-hydrogen) atoms. The van der Waals surface area contributed by atoms with Crippen LogP contribution < -0.4 is 4.74 Å². The van der Waals surface area contributed by atoms with Gasteiger partial charge in [0.1, 0.15) is 11.3 Å². The van der Waals surface area contributed by atoms with E-state index < -0.39 is 5.97 Å². The molecule has 1 heterocycles. The maximum absolute atomic E-state index is 11.1. The summed E-state index contributed by atoms with van der Waals surface area (Å²) in [5, 5.41) is 13.6. The molecule has 0 aliphatic heterocycles. The summed E-state index contributed by atoms with van der Waals surface area (Å²) in [7, 11) is 0. The van der Waals surface area contributed by atoms with Gasteiger partial charge in [-0.15, -0.1) is 0 Å². The molecule has 0 radical (unpaired) electrons. The van der Waals surface area contributed by atoms with Crippen molar-refractivity contribution in [1.29, 1.82) is 0 Å². The van der Waals surface area contributed by atoms with E-state index >= 15 is 0 Å². The third-order valence-electron chi connectivity index (χ3n) is 2.46. The molecule has 0 aliphatic rings. The number of ether oxygens (including phenoxy) is 1. The molecule has 2 aromatic rings. The van der Waals surface area contributed by atoms with E-state index in [1.54, 1.807) is 17.1 Å². The standard InChI is InChI=1S/C13H13ClN2O3/c1-2-5-16-8-10(7-15-16)19-12-6-9(14)3-4-11(12)13(17)18/h3-4,6-8H,2,5H2,1H3,(H,17,18). The summed E-state index contributed by atoms with van der Waals surface area (Å²) in [5.74, 6) is -0.373. The number of carboxylic acid groups (broad SMARTS) is 1. The van der Waals surface area contributed by atoms with Crippen LogP contribution in [0, 0.1) is 0 Å². The van der Waals surface area contributed by atoms with Crippen molar-refractivity contribution >= 4 is 17.6 Å². The predicted molar refractivity (Wildman–Crippen MR) is 71.0 cm³/mol. The van der Waals surface area contributed by atoms with Crippen LogP contribution in [0.4, 0.5) is 0 Å². The highest BCUT2D eigenvalue weighted by atomic mass is 35.5. The van der Waals surface area contributed by atoms with Crippen LogP contribution in [0.25, 0.3) is 0 Å². The summed E-state index contributed by atoms with van der Waals surface area (Å²) in [6.45, 7) is 2.83. The Labute approximate surface area is 115 Å². The minimum absolute atomic E-state index is 0.0626. The van der Waals surface area contributed by atoms with Gasteiger partial charge in [0.25, 0.3) is 0 Å². The fourth-order valence-corrected chi connectivity index (χ4v) is 1.80. The van der Waals surface area contributed by atoms with E-state index in [-0.39, 0.29) is 11.3 Å². The molecule has 0 saturated carbocycles. The number of benzene rings is 1. The van der Waals surface area contributed by atoms with Crippen molar-refractivity contribution in [2.45, 2.75) is 19.9 Å². The average Bonchev–Trinajstić information content (AvgIpc) is 2.77. The van der Waals surface area contributed by atoms with Gasteiger partial charge in [-0.2, -0.15) is 5.10 Å². The van der Waals surface area contributed by atoms with Gasteiger partial charge in [-0.25, -0.2) is 4.79 Å². The van der Waals surface area contributed by atoms with Crippen molar-refractivity contribution in [2.75, 3.05) is 0 Å². The van der Waals surface area contributed by atoms with E-state index in [9.17, 15) is 4.79 Å². The van der Waals surface area contributed by atoms with Crippen molar-refractivity contribution in [3.8, 4) is 11.5 Å². The summed E-state index contributed by atoms with van der Waals surface area (Å²) < 4.78 is 7.27. The third-order valence-corrected chi connectivity index (χ3v) is 2.70. The summed E-state index contributed by atoms with van der Waals surface area (Å²) in [6, 6.07) is 4.40. The van der Waals surface area contributed by atoms with Crippen LogP contribution in [0.1, 0.15) is 23.7 Å². The first-order valence-electron chi connectivity index (χ1n) is 5.83. The molecule has 0 amide bonds. The first-order valence-corrected chi connectivity index (χ1v) is 6.21. The molecule has 0 bridgehead atoms. The van der Waals surface area contributed by atoms with E-state index in [0.29, 0.717) is 10.8 Å². The lowest BCUT2D eigenvalue weighted by Crippen LogP contribution is -1.99. The number of nitrogens with zero attached hydrogens (tertiary/aromatic N) is 2. The van der Waals surface area contributed by atoms with Gasteiger partial charge in [0.05, 0.1) is 12.4 Å². The lowest BCUT2D eigenvalue weighted by Gasteiger charge is -2.06. The lowest BCUT2D eigenvalue weighted by molar-refractivity contribution is 0.0694. The highest BCUT2D eigenvalue weighted by Crippen LogP contribution is 2.28. The Morgan fingerprint density at radius 2 is 2.32 bits per heavy atom. The van der Waals surface area contributed by atoms with E-state index in [1.807, 2.05) is 6.92 Å². The number of hydrogen-bond acceptors (Lipinski definition) is 3. The van der Waals surface area contributed by atoms with Crippen LogP contribution in [0.3, 0.4) is 0 Å². The monoisotopic (exact) mass is 280 g/mol. The van der Waals surface area contributed by atoms with Gasteiger partial charge in [-0.05, 0) is 18.6 Å². The Hall–Kier alpha value is -2.01. The molecule has 6 heteroatoms. The van der Waals surface area contributed by atoms with E-state index in [1.165, 1.54) is 18.2 Å². The molecular weight excluding hydrogens is 268 g/mol. The van der Waals surface area contributed by atoms with Gasteiger partial charge in [0.2, 0.25) is 0 Å². The molecule has 1 aromatic carbocycles. The van der Waals surface area contributed by atoms with Crippen LogP contribution in [0.2, 0.25) is 5.02 Å². The third kappa shape index (κ3) is 3.26. The first kappa shape index (κ1) is 13.4. The molecule has 0 saturated heterocycles. The van der Waals surface area contributed by atoms with Gasteiger partial charge in [0, 0.05) is 17.6 Å². The SMILES string of the molecule is CCCn1cc(Oc2cc(Cl)ccc2C(=O)O)cn1. The van der Waals surface area contributed by atoms with Gasteiger partial charge in [-0.3, -0.25) is 4.68 Å². The second-order valence-electron chi connectivity index (χ2n) is 3.99. The number of aryl methyl sites for hydroxylation is 1. The fourth-order valence-electron chi connectivity index (χ4n) is 1.63. The zero-order valence-electron chi connectivity index (χ0n) is 10.3. The minimum Gasteiger partial charge on any atom is -0.478 e.